The zero-order chi connectivity index (χ0) is 10.8. The van der Waals surface area contributed by atoms with Gasteiger partial charge >= 0.3 is 0 Å². The molecule has 0 fully saturated rings. The Kier molecular flexibility index (Phi) is 3.38. The fourth-order valence-corrected chi connectivity index (χ4v) is 2.04. The fourth-order valence-electron chi connectivity index (χ4n) is 0.944. The maximum atomic E-state index is 10.9. The van der Waals surface area contributed by atoms with E-state index in [0.717, 1.165) is 6.26 Å². The Balaban J connectivity index is 2.98. The third kappa shape index (κ3) is 3.19. The molecular weight excluding hydrogens is 270 g/mol. The number of rotatable bonds is 3. The van der Waals surface area contributed by atoms with Crippen LogP contribution in [0.1, 0.15) is 0 Å². The predicted octanol–water partition coefficient (Wildman–Crippen LogP) is 1.83. The quantitative estimate of drug-likeness (QED) is 0.919. The summed E-state index contributed by atoms with van der Waals surface area (Å²) in [5.41, 5.74) is 0.500. The van der Waals surface area contributed by atoms with E-state index in [-0.39, 0.29) is 0 Å². The summed E-state index contributed by atoms with van der Waals surface area (Å²) in [5, 5.41) is 0. The second-order valence-electron chi connectivity index (χ2n) is 2.72. The molecule has 1 N–H and O–H groups in total. The van der Waals surface area contributed by atoms with Crippen LogP contribution in [0.5, 0.6) is 5.75 Å². The summed E-state index contributed by atoms with van der Waals surface area (Å²) in [5.74, 6) is 0.657. The van der Waals surface area contributed by atoms with Crippen LogP contribution in [0.4, 0.5) is 5.69 Å². The van der Waals surface area contributed by atoms with E-state index < -0.39 is 10.0 Å². The number of methoxy groups -OCH3 is 1. The second kappa shape index (κ2) is 4.18. The van der Waals surface area contributed by atoms with E-state index in [1.165, 1.54) is 0 Å². The summed E-state index contributed by atoms with van der Waals surface area (Å²) in [6.07, 6.45) is 1.10. The maximum absolute atomic E-state index is 10.9. The van der Waals surface area contributed by atoms with Crippen LogP contribution < -0.4 is 9.46 Å². The summed E-state index contributed by atoms with van der Waals surface area (Å²) in [7, 11) is -1.68. The molecule has 4 nitrogen and oxygen atoms in total. The zero-order valence-corrected chi connectivity index (χ0v) is 10.1. The highest BCUT2D eigenvalue weighted by molar-refractivity contribution is 9.10. The highest BCUT2D eigenvalue weighted by Gasteiger charge is 2.04. The van der Waals surface area contributed by atoms with E-state index in [0.29, 0.717) is 15.9 Å². The molecule has 0 spiro atoms. The first-order valence-electron chi connectivity index (χ1n) is 3.74. The Morgan fingerprint density at radius 1 is 1.43 bits per heavy atom. The van der Waals surface area contributed by atoms with Crippen LogP contribution >= 0.6 is 15.9 Å². The highest BCUT2D eigenvalue weighted by atomic mass is 79.9. The summed E-state index contributed by atoms with van der Waals surface area (Å²) >= 11 is 3.26. The maximum Gasteiger partial charge on any atom is 0.229 e. The molecule has 78 valence electrons. The van der Waals surface area contributed by atoms with Gasteiger partial charge in [-0.25, -0.2) is 8.42 Å². The van der Waals surface area contributed by atoms with Crippen LogP contribution in [-0.2, 0) is 10.0 Å². The molecule has 1 aromatic carbocycles. The van der Waals surface area contributed by atoms with E-state index in [4.69, 9.17) is 4.74 Å². The predicted molar refractivity (Wildman–Crippen MR) is 59.2 cm³/mol. The van der Waals surface area contributed by atoms with Gasteiger partial charge in [0, 0.05) is 5.69 Å². The molecule has 0 bridgehead atoms. The molecule has 1 aromatic rings. The molecule has 0 unspecified atom stereocenters. The number of hydrogen-bond donors (Lipinski definition) is 1. The van der Waals surface area contributed by atoms with Crippen LogP contribution in [0.3, 0.4) is 0 Å². The average molecular weight is 280 g/mol. The highest BCUT2D eigenvalue weighted by Crippen LogP contribution is 2.27. The molecule has 0 aromatic heterocycles. The Bertz CT molecular complexity index is 430. The van der Waals surface area contributed by atoms with Gasteiger partial charge in [0.2, 0.25) is 10.0 Å². The molecule has 0 aliphatic carbocycles. The number of nitrogens with one attached hydrogen (secondary N) is 1. The SMILES string of the molecule is COc1ccc(NS(C)(=O)=O)cc1Br. The van der Waals surface area contributed by atoms with E-state index in [1.54, 1.807) is 25.3 Å². The van der Waals surface area contributed by atoms with Crippen molar-refractivity contribution >= 4 is 31.6 Å². The minimum absolute atomic E-state index is 0.500. The van der Waals surface area contributed by atoms with E-state index >= 15 is 0 Å². The minimum atomic E-state index is -3.23. The van der Waals surface area contributed by atoms with Crippen LogP contribution in [-0.4, -0.2) is 21.8 Å². The smallest absolute Gasteiger partial charge is 0.229 e. The number of ether oxygens (including phenoxy) is 1. The normalized spacial score (nSPS) is 11.1. The van der Waals surface area contributed by atoms with Crippen LogP contribution in [0.15, 0.2) is 22.7 Å². The van der Waals surface area contributed by atoms with Gasteiger partial charge in [0.05, 0.1) is 17.8 Å². The number of sulfonamides is 1. The van der Waals surface area contributed by atoms with Crippen molar-refractivity contribution in [3.8, 4) is 5.75 Å². The van der Waals surface area contributed by atoms with Crippen LogP contribution in [0, 0.1) is 0 Å². The van der Waals surface area contributed by atoms with Gasteiger partial charge in [0.1, 0.15) is 5.75 Å². The molecular formula is C8H10BrNO3S. The zero-order valence-electron chi connectivity index (χ0n) is 7.74. The van der Waals surface area contributed by atoms with Crippen molar-refractivity contribution in [1.29, 1.82) is 0 Å². The molecule has 6 heteroatoms. The van der Waals surface area contributed by atoms with Crippen molar-refractivity contribution in [3.63, 3.8) is 0 Å². The molecule has 0 saturated heterocycles. The third-order valence-electron chi connectivity index (χ3n) is 1.46. The van der Waals surface area contributed by atoms with E-state index in [2.05, 4.69) is 20.7 Å². The van der Waals surface area contributed by atoms with E-state index in [9.17, 15) is 8.42 Å². The topological polar surface area (TPSA) is 55.4 Å². The summed E-state index contributed by atoms with van der Waals surface area (Å²) in [6.45, 7) is 0. The van der Waals surface area contributed by atoms with Crippen molar-refractivity contribution in [3.05, 3.63) is 22.7 Å². The first-order valence-corrected chi connectivity index (χ1v) is 6.42. The summed E-state index contributed by atoms with van der Waals surface area (Å²) < 4.78 is 29.9. The number of hydrogen-bond acceptors (Lipinski definition) is 3. The van der Waals surface area contributed by atoms with Crippen molar-refractivity contribution in [2.75, 3.05) is 18.1 Å². The van der Waals surface area contributed by atoms with Crippen molar-refractivity contribution < 1.29 is 13.2 Å². The molecule has 0 aliphatic heterocycles. The van der Waals surface area contributed by atoms with Gasteiger partial charge in [-0.05, 0) is 34.1 Å². The van der Waals surface area contributed by atoms with Crippen molar-refractivity contribution in [2.24, 2.45) is 0 Å². The molecule has 1 rings (SSSR count). The van der Waals surface area contributed by atoms with Gasteiger partial charge in [-0.15, -0.1) is 0 Å². The van der Waals surface area contributed by atoms with Gasteiger partial charge in [-0.2, -0.15) is 0 Å². The summed E-state index contributed by atoms with van der Waals surface area (Å²) in [6, 6.07) is 4.95. The standard InChI is InChI=1S/C8H10BrNO3S/c1-13-8-4-3-6(5-7(8)9)10-14(2,11)12/h3-5,10H,1-2H3. The first-order chi connectivity index (χ1) is 6.42. The monoisotopic (exact) mass is 279 g/mol. The molecule has 0 saturated carbocycles. The lowest BCUT2D eigenvalue weighted by Gasteiger charge is -2.07. The molecule has 14 heavy (non-hydrogen) atoms. The van der Waals surface area contributed by atoms with E-state index in [1.807, 2.05) is 0 Å². The molecule has 0 heterocycles. The lowest BCUT2D eigenvalue weighted by atomic mass is 10.3. The lowest BCUT2D eigenvalue weighted by molar-refractivity contribution is 0.412. The third-order valence-corrected chi connectivity index (χ3v) is 2.68. The molecule has 0 radical (unpaired) electrons. The van der Waals surface area contributed by atoms with Crippen LogP contribution in [0.25, 0.3) is 0 Å². The Morgan fingerprint density at radius 2 is 2.07 bits per heavy atom. The van der Waals surface area contributed by atoms with Gasteiger partial charge in [0.15, 0.2) is 0 Å². The Morgan fingerprint density at radius 3 is 2.50 bits per heavy atom. The number of halogens is 1. The molecule has 0 aliphatic rings. The van der Waals surface area contributed by atoms with Crippen LogP contribution in [0.2, 0.25) is 0 Å². The minimum Gasteiger partial charge on any atom is -0.496 e. The van der Waals surface area contributed by atoms with Crippen molar-refractivity contribution in [1.82, 2.24) is 0 Å². The Labute approximate surface area is 91.5 Å². The fraction of sp³-hybridized carbons (Fsp3) is 0.250. The molecule has 0 amide bonds. The van der Waals surface area contributed by atoms with Gasteiger partial charge in [-0.3, -0.25) is 4.72 Å². The van der Waals surface area contributed by atoms with Crippen molar-refractivity contribution in [2.45, 2.75) is 0 Å². The lowest BCUT2D eigenvalue weighted by Crippen LogP contribution is -2.09. The average Bonchev–Trinajstić information content (AvgIpc) is 2.01. The Hall–Kier alpha value is -0.750. The largest absolute Gasteiger partial charge is 0.496 e. The summed E-state index contributed by atoms with van der Waals surface area (Å²) in [4.78, 5) is 0. The van der Waals surface area contributed by atoms with Gasteiger partial charge in [-0.1, -0.05) is 0 Å². The second-order valence-corrected chi connectivity index (χ2v) is 5.33. The number of benzene rings is 1. The van der Waals surface area contributed by atoms with Gasteiger partial charge in [0.25, 0.3) is 0 Å². The molecule has 0 atom stereocenters. The first kappa shape index (κ1) is 11.3. The number of anilines is 1. The van der Waals surface area contributed by atoms with Gasteiger partial charge < -0.3 is 4.74 Å².